The van der Waals surface area contributed by atoms with E-state index in [2.05, 4.69) is 12.2 Å². The Kier molecular flexibility index (Phi) is 6.38. The molecule has 3 nitrogen and oxygen atoms in total. The molecule has 0 rings (SSSR count). The normalized spacial score (nSPS) is 13.2. The molecule has 0 spiro atoms. The van der Waals surface area contributed by atoms with Crippen molar-refractivity contribution in [2.24, 2.45) is 0 Å². The molecule has 0 bridgehead atoms. The zero-order valence-electron chi connectivity index (χ0n) is 7.71. The van der Waals surface area contributed by atoms with Gasteiger partial charge in [-0.1, -0.05) is 19.4 Å². The van der Waals surface area contributed by atoms with E-state index < -0.39 is 6.10 Å². The summed E-state index contributed by atoms with van der Waals surface area (Å²) in [6.45, 7) is 4.38. The predicted molar refractivity (Wildman–Crippen MR) is 48.7 cm³/mol. The van der Waals surface area contributed by atoms with Crippen LogP contribution in [0.2, 0.25) is 0 Å². The van der Waals surface area contributed by atoms with Crippen molar-refractivity contribution < 1.29 is 9.90 Å². The molecule has 0 aromatic carbocycles. The standard InChI is InChI=1S/C9H17NO2/c1-3-4-7-10-9(12)6-5-8(2)11/h5-6,8,11H,3-4,7H2,1-2H3,(H,10,12)/b6-5-. The number of carbonyl (C=O) groups excluding carboxylic acids is 1. The summed E-state index contributed by atoms with van der Waals surface area (Å²) in [4.78, 5) is 10.9. The quantitative estimate of drug-likeness (QED) is 0.475. The van der Waals surface area contributed by atoms with Gasteiger partial charge in [-0.3, -0.25) is 4.79 Å². The van der Waals surface area contributed by atoms with Crippen LogP contribution in [0.25, 0.3) is 0 Å². The Labute approximate surface area is 73.5 Å². The van der Waals surface area contributed by atoms with Crippen molar-refractivity contribution in [2.75, 3.05) is 6.54 Å². The van der Waals surface area contributed by atoms with Gasteiger partial charge in [-0.15, -0.1) is 0 Å². The average molecular weight is 171 g/mol. The fraction of sp³-hybridized carbons (Fsp3) is 0.667. The third kappa shape index (κ3) is 7.28. The third-order valence-electron chi connectivity index (χ3n) is 1.36. The molecule has 1 unspecified atom stereocenters. The van der Waals surface area contributed by atoms with Gasteiger partial charge in [-0.05, 0) is 13.3 Å². The Hall–Kier alpha value is -0.830. The van der Waals surface area contributed by atoms with E-state index in [1.807, 2.05) is 0 Å². The van der Waals surface area contributed by atoms with E-state index >= 15 is 0 Å². The number of hydrogen-bond acceptors (Lipinski definition) is 2. The Morgan fingerprint density at radius 2 is 2.33 bits per heavy atom. The van der Waals surface area contributed by atoms with Crippen molar-refractivity contribution in [3.8, 4) is 0 Å². The lowest BCUT2D eigenvalue weighted by atomic mass is 10.3. The van der Waals surface area contributed by atoms with Gasteiger partial charge in [-0.2, -0.15) is 0 Å². The van der Waals surface area contributed by atoms with Gasteiger partial charge in [0.15, 0.2) is 0 Å². The number of aliphatic hydroxyl groups excluding tert-OH is 1. The predicted octanol–water partition coefficient (Wildman–Crippen LogP) is 0.840. The molecule has 0 aromatic heterocycles. The fourth-order valence-corrected chi connectivity index (χ4v) is 0.674. The second kappa shape index (κ2) is 6.85. The molecule has 3 heteroatoms. The van der Waals surface area contributed by atoms with Crippen LogP contribution in [0, 0.1) is 0 Å². The molecule has 0 radical (unpaired) electrons. The first-order valence-corrected chi connectivity index (χ1v) is 4.31. The van der Waals surface area contributed by atoms with E-state index in [1.165, 1.54) is 12.2 Å². The molecule has 0 aliphatic carbocycles. The molecule has 70 valence electrons. The van der Waals surface area contributed by atoms with Crippen LogP contribution in [0.15, 0.2) is 12.2 Å². The maximum Gasteiger partial charge on any atom is 0.243 e. The van der Waals surface area contributed by atoms with Crippen LogP contribution < -0.4 is 5.32 Å². The molecule has 0 saturated carbocycles. The zero-order chi connectivity index (χ0) is 9.40. The van der Waals surface area contributed by atoms with Crippen LogP contribution in [-0.2, 0) is 4.79 Å². The lowest BCUT2D eigenvalue weighted by molar-refractivity contribution is -0.116. The minimum absolute atomic E-state index is 0.135. The molecule has 0 fully saturated rings. The molecule has 1 amide bonds. The van der Waals surface area contributed by atoms with Crippen molar-refractivity contribution in [1.29, 1.82) is 0 Å². The number of aliphatic hydroxyl groups is 1. The maximum absolute atomic E-state index is 10.9. The van der Waals surface area contributed by atoms with Crippen LogP contribution in [0.1, 0.15) is 26.7 Å². The summed E-state index contributed by atoms with van der Waals surface area (Å²) in [7, 11) is 0. The van der Waals surface area contributed by atoms with Crippen molar-refractivity contribution in [3.05, 3.63) is 12.2 Å². The first-order chi connectivity index (χ1) is 5.66. The summed E-state index contributed by atoms with van der Waals surface area (Å²) in [5, 5.41) is 11.5. The van der Waals surface area contributed by atoms with Gasteiger partial charge in [0.2, 0.25) is 5.91 Å². The number of carbonyl (C=O) groups is 1. The molecule has 0 saturated heterocycles. The van der Waals surface area contributed by atoms with E-state index in [4.69, 9.17) is 5.11 Å². The van der Waals surface area contributed by atoms with Gasteiger partial charge >= 0.3 is 0 Å². The Morgan fingerprint density at radius 3 is 2.83 bits per heavy atom. The number of rotatable bonds is 5. The number of hydrogen-bond donors (Lipinski definition) is 2. The lowest BCUT2D eigenvalue weighted by Crippen LogP contribution is -2.22. The Morgan fingerprint density at radius 1 is 1.67 bits per heavy atom. The number of nitrogens with one attached hydrogen (secondary N) is 1. The van der Waals surface area contributed by atoms with Gasteiger partial charge in [0, 0.05) is 12.6 Å². The molecule has 12 heavy (non-hydrogen) atoms. The highest BCUT2D eigenvalue weighted by atomic mass is 16.3. The largest absolute Gasteiger partial charge is 0.389 e. The van der Waals surface area contributed by atoms with Crippen LogP contribution in [0.4, 0.5) is 0 Å². The average Bonchev–Trinajstić information content (AvgIpc) is 2.01. The summed E-state index contributed by atoms with van der Waals surface area (Å²) >= 11 is 0. The van der Waals surface area contributed by atoms with Crippen molar-refractivity contribution in [3.63, 3.8) is 0 Å². The summed E-state index contributed by atoms with van der Waals surface area (Å²) in [5.41, 5.74) is 0. The fourth-order valence-electron chi connectivity index (χ4n) is 0.674. The van der Waals surface area contributed by atoms with Gasteiger partial charge in [0.05, 0.1) is 6.10 Å². The summed E-state index contributed by atoms with van der Waals surface area (Å²) in [5.74, 6) is -0.135. The molecule has 2 N–H and O–H groups in total. The van der Waals surface area contributed by atoms with Crippen LogP contribution in [-0.4, -0.2) is 23.7 Å². The molecule has 1 atom stereocenters. The summed E-state index contributed by atoms with van der Waals surface area (Å²) in [6.07, 6.45) is 4.33. The van der Waals surface area contributed by atoms with E-state index in [1.54, 1.807) is 6.92 Å². The smallest absolute Gasteiger partial charge is 0.243 e. The van der Waals surface area contributed by atoms with Gasteiger partial charge in [0.1, 0.15) is 0 Å². The first kappa shape index (κ1) is 11.2. The molecule has 0 aliphatic rings. The van der Waals surface area contributed by atoms with Crippen molar-refractivity contribution in [1.82, 2.24) is 5.32 Å². The topological polar surface area (TPSA) is 49.3 Å². The Bertz CT molecular complexity index is 153. The SMILES string of the molecule is CCCCNC(=O)/C=C\C(C)O. The highest BCUT2D eigenvalue weighted by Crippen LogP contribution is 1.85. The highest BCUT2D eigenvalue weighted by molar-refractivity contribution is 5.87. The van der Waals surface area contributed by atoms with Crippen LogP contribution in [0.5, 0.6) is 0 Å². The molecule has 0 heterocycles. The van der Waals surface area contributed by atoms with Crippen molar-refractivity contribution >= 4 is 5.91 Å². The molecule has 0 aliphatic heterocycles. The molecular formula is C9H17NO2. The lowest BCUT2D eigenvalue weighted by Gasteiger charge is -1.99. The minimum Gasteiger partial charge on any atom is -0.389 e. The van der Waals surface area contributed by atoms with Crippen LogP contribution >= 0.6 is 0 Å². The maximum atomic E-state index is 10.9. The number of unbranched alkanes of at least 4 members (excludes halogenated alkanes) is 1. The summed E-state index contributed by atoms with van der Waals surface area (Å²) < 4.78 is 0. The van der Waals surface area contributed by atoms with E-state index in [0.29, 0.717) is 6.54 Å². The minimum atomic E-state index is -0.554. The van der Waals surface area contributed by atoms with Crippen LogP contribution in [0.3, 0.4) is 0 Å². The van der Waals surface area contributed by atoms with Crippen molar-refractivity contribution in [2.45, 2.75) is 32.8 Å². The van der Waals surface area contributed by atoms with Gasteiger partial charge < -0.3 is 10.4 Å². The Balaban J connectivity index is 3.46. The van der Waals surface area contributed by atoms with Gasteiger partial charge in [0.25, 0.3) is 0 Å². The summed E-state index contributed by atoms with van der Waals surface area (Å²) in [6, 6.07) is 0. The number of amides is 1. The molecular weight excluding hydrogens is 154 g/mol. The first-order valence-electron chi connectivity index (χ1n) is 4.31. The zero-order valence-corrected chi connectivity index (χ0v) is 7.71. The van der Waals surface area contributed by atoms with E-state index in [0.717, 1.165) is 12.8 Å². The van der Waals surface area contributed by atoms with Gasteiger partial charge in [-0.25, -0.2) is 0 Å². The third-order valence-corrected chi connectivity index (χ3v) is 1.36. The highest BCUT2D eigenvalue weighted by Gasteiger charge is 1.93. The van der Waals surface area contributed by atoms with E-state index in [9.17, 15) is 4.79 Å². The molecule has 0 aromatic rings. The van der Waals surface area contributed by atoms with E-state index in [-0.39, 0.29) is 5.91 Å². The second-order valence-corrected chi connectivity index (χ2v) is 2.74. The monoisotopic (exact) mass is 171 g/mol. The second-order valence-electron chi connectivity index (χ2n) is 2.74.